The molecule has 1 aliphatic heterocycles. The fourth-order valence-corrected chi connectivity index (χ4v) is 5.00. The van der Waals surface area contributed by atoms with Crippen molar-refractivity contribution in [2.75, 3.05) is 26.3 Å². The van der Waals surface area contributed by atoms with Crippen molar-refractivity contribution in [2.45, 2.75) is 50.1 Å². The maximum Gasteiger partial charge on any atom is 0.243 e. The van der Waals surface area contributed by atoms with Crippen LogP contribution < -0.4 is 5.32 Å². The van der Waals surface area contributed by atoms with Gasteiger partial charge in [-0.05, 0) is 36.5 Å². The molecular formula is C18H28N2O3S. The highest BCUT2D eigenvalue weighted by Crippen LogP contribution is 2.24. The van der Waals surface area contributed by atoms with E-state index in [9.17, 15) is 8.42 Å². The van der Waals surface area contributed by atoms with Crippen LogP contribution in [0.5, 0.6) is 0 Å². The maximum absolute atomic E-state index is 12.6. The number of morpholine rings is 1. The lowest BCUT2D eigenvalue weighted by atomic mass is 9.87. The summed E-state index contributed by atoms with van der Waals surface area (Å²) in [6.45, 7) is 4.94. The summed E-state index contributed by atoms with van der Waals surface area (Å²) in [5.74, 6) is 0.803. The van der Waals surface area contributed by atoms with E-state index in [1.165, 1.54) is 30.0 Å². The Bertz CT molecular complexity index is 624. The summed E-state index contributed by atoms with van der Waals surface area (Å²) in [5, 5.41) is 3.61. The summed E-state index contributed by atoms with van der Waals surface area (Å²) >= 11 is 0. The predicted molar refractivity (Wildman–Crippen MR) is 94.3 cm³/mol. The molecule has 1 heterocycles. The van der Waals surface area contributed by atoms with Crippen LogP contribution in [0, 0.1) is 5.92 Å². The van der Waals surface area contributed by atoms with E-state index in [0.29, 0.717) is 37.2 Å². The summed E-state index contributed by atoms with van der Waals surface area (Å²) in [6, 6.07) is 7.89. The van der Waals surface area contributed by atoms with Crippen molar-refractivity contribution in [3.8, 4) is 0 Å². The second-order valence-electron chi connectivity index (χ2n) is 7.01. The van der Waals surface area contributed by atoms with Crippen molar-refractivity contribution in [2.24, 2.45) is 5.92 Å². The van der Waals surface area contributed by atoms with Crippen molar-refractivity contribution in [3.05, 3.63) is 29.8 Å². The van der Waals surface area contributed by atoms with E-state index in [1.807, 2.05) is 12.1 Å². The molecule has 0 radical (unpaired) electrons. The van der Waals surface area contributed by atoms with Crippen LogP contribution in [0.15, 0.2) is 29.2 Å². The highest BCUT2D eigenvalue weighted by molar-refractivity contribution is 7.89. The van der Waals surface area contributed by atoms with Gasteiger partial charge in [0.1, 0.15) is 0 Å². The molecule has 1 N–H and O–H groups in total. The highest BCUT2D eigenvalue weighted by atomic mass is 32.2. The van der Waals surface area contributed by atoms with Gasteiger partial charge in [0.2, 0.25) is 10.0 Å². The first-order valence-corrected chi connectivity index (χ1v) is 10.4. The molecule has 0 bridgehead atoms. The predicted octanol–water partition coefficient (Wildman–Crippen LogP) is 2.38. The number of rotatable bonds is 5. The molecule has 1 aliphatic carbocycles. The zero-order chi connectivity index (χ0) is 17.0. The molecule has 2 aliphatic rings. The molecule has 0 spiro atoms. The molecular weight excluding hydrogens is 324 g/mol. The first kappa shape index (κ1) is 17.9. The number of hydrogen-bond acceptors (Lipinski definition) is 4. The van der Waals surface area contributed by atoms with E-state index >= 15 is 0 Å². The molecule has 1 aromatic carbocycles. The van der Waals surface area contributed by atoms with Gasteiger partial charge >= 0.3 is 0 Å². The maximum atomic E-state index is 12.6. The van der Waals surface area contributed by atoms with Gasteiger partial charge < -0.3 is 10.1 Å². The molecule has 1 saturated heterocycles. The van der Waals surface area contributed by atoms with Crippen LogP contribution in [-0.4, -0.2) is 45.1 Å². The summed E-state index contributed by atoms with van der Waals surface area (Å²) < 4.78 is 31.9. The molecule has 134 valence electrons. The van der Waals surface area contributed by atoms with Gasteiger partial charge in [0.05, 0.1) is 18.1 Å². The average Bonchev–Trinajstić information content (AvgIpc) is 2.61. The van der Waals surface area contributed by atoms with Gasteiger partial charge in [-0.3, -0.25) is 0 Å². The minimum atomic E-state index is -3.39. The molecule has 3 rings (SSSR count). The Morgan fingerprint density at radius 3 is 2.54 bits per heavy atom. The van der Waals surface area contributed by atoms with Gasteiger partial charge in [0.25, 0.3) is 0 Å². The Kier molecular flexibility index (Phi) is 5.92. The Hall–Kier alpha value is -0.950. The lowest BCUT2D eigenvalue weighted by Crippen LogP contribution is -2.40. The molecule has 0 aromatic heterocycles. The SMILES string of the molecule is CC1CCCC(NCc2ccc(S(=O)(=O)N3CCOCC3)cc2)C1. The highest BCUT2D eigenvalue weighted by Gasteiger charge is 2.26. The standard InChI is InChI=1S/C18H28N2O3S/c1-15-3-2-4-17(13-15)19-14-16-5-7-18(8-6-16)24(21,22)20-9-11-23-12-10-20/h5-8,15,17,19H,2-4,9-14H2,1H3. The van der Waals surface area contributed by atoms with Crippen molar-refractivity contribution in [1.29, 1.82) is 0 Å². The molecule has 5 nitrogen and oxygen atoms in total. The number of benzene rings is 1. The molecule has 2 fully saturated rings. The number of ether oxygens (including phenoxy) is 1. The van der Waals surface area contributed by atoms with Gasteiger partial charge in [-0.2, -0.15) is 4.31 Å². The van der Waals surface area contributed by atoms with Crippen molar-refractivity contribution < 1.29 is 13.2 Å². The third-order valence-electron chi connectivity index (χ3n) is 5.06. The van der Waals surface area contributed by atoms with Gasteiger partial charge in [0, 0.05) is 25.7 Å². The van der Waals surface area contributed by atoms with Crippen LogP contribution in [0.1, 0.15) is 38.2 Å². The normalized spacial score (nSPS) is 26.4. The largest absolute Gasteiger partial charge is 0.379 e. The van der Waals surface area contributed by atoms with E-state index in [2.05, 4.69) is 12.2 Å². The summed E-state index contributed by atoms with van der Waals surface area (Å²) in [6.07, 6.45) is 5.12. The van der Waals surface area contributed by atoms with Crippen molar-refractivity contribution in [3.63, 3.8) is 0 Å². The second-order valence-corrected chi connectivity index (χ2v) is 8.95. The smallest absolute Gasteiger partial charge is 0.243 e. The molecule has 6 heteroatoms. The van der Waals surface area contributed by atoms with Crippen molar-refractivity contribution in [1.82, 2.24) is 9.62 Å². The zero-order valence-electron chi connectivity index (χ0n) is 14.4. The van der Waals surface area contributed by atoms with Crippen LogP contribution in [0.3, 0.4) is 0 Å². The Morgan fingerprint density at radius 2 is 1.88 bits per heavy atom. The fourth-order valence-electron chi connectivity index (χ4n) is 3.60. The third kappa shape index (κ3) is 4.36. The minimum absolute atomic E-state index is 0.374. The Balaban J connectivity index is 1.58. The number of nitrogens with one attached hydrogen (secondary N) is 1. The first-order valence-electron chi connectivity index (χ1n) is 8.96. The monoisotopic (exact) mass is 352 g/mol. The van der Waals surface area contributed by atoms with Crippen LogP contribution in [0.4, 0.5) is 0 Å². The Labute approximate surface area is 145 Å². The summed E-state index contributed by atoms with van der Waals surface area (Å²) in [5.41, 5.74) is 1.13. The van der Waals surface area contributed by atoms with E-state index in [1.54, 1.807) is 12.1 Å². The van der Waals surface area contributed by atoms with Gasteiger partial charge in [-0.15, -0.1) is 0 Å². The van der Waals surface area contributed by atoms with Crippen LogP contribution in [0.25, 0.3) is 0 Å². The molecule has 2 unspecified atom stereocenters. The lowest BCUT2D eigenvalue weighted by Gasteiger charge is -2.27. The van der Waals surface area contributed by atoms with E-state index in [-0.39, 0.29) is 0 Å². The van der Waals surface area contributed by atoms with Gasteiger partial charge in [0.15, 0.2) is 0 Å². The molecule has 1 saturated carbocycles. The lowest BCUT2D eigenvalue weighted by molar-refractivity contribution is 0.0730. The third-order valence-corrected chi connectivity index (χ3v) is 6.98. The quantitative estimate of drug-likeness (QED) is 0.884. The van der Waals surface area contributed by atoms with E-state index in [4.69, 9.17) is 4.74 Å². The molecule has 0 amide bonds. The Morgan fingerprint density at radius 1 is 1.17 bits per heavy atom. The van der Waals surface area contributed by atoms with E-state index < -0.39 is 10.0 Å². The van der Waals surface area contributed by atoms with Crippen LogP contribution in [-0.2, 0) is 21.3 Å². The first-order chi connectivity index (χ1) is 11.6. The summed E-state index contributed by atoms with van der Waals surface area (Å²) in [4.78, 5) is 0.374. The average molecular weight is 353 g/mol. The molecule has 24 heavy (non-hydrogen) atoms. The minimum Gasteiger partial charge on any atom is -0.379 e. The topological polar surface area (TPSA) is 58.6 Å². The van der Waals surface area contributed by atoms with E-state index in [0.717, 1.165) is 18.0 Å². The van der Waals surface area contributed by atoms with Crippen LogP contribution in [0.2, 0.25) is 0 Å². The fraction of sp³-hybridized carbons (Fsp3) is 0.667. The number of nitrogens with zero attached hydrogens (tertiary/aromatic N) is 1. The second kappa shape index (κ2) is 7.95. The summed E-state index contributed by atoms with van der Waals surface area (Å²) in [7, 11) is -3.39. The van der Waals surface area contributed by atoms with Gasteiger partial charge in [-0.25, -0.2) is 8.42 Å². The number of sulfonamides is 1. The molecule has 1 aromatic rings. The van der Waals surface area contributed by atoms with Crippen LogP contribution >= 0.6 is 0 Å². The van der Waals surface area contributed by atoms with Crippen molar-refractivity contribution >= 4 is 10.0 Å². The molecule has 2 atom stereocenters. The number of hydrogen-bond donors (Lipinski definition) is 1. The zero-order valence-corrected chi connectivity index (χ0v) is 15.2. The van der Waals surface area contributed by atoms with Gasteiger partial charge in [-0.1, -0.05) is 31.9 Å².